The summed E-state index contributed by atoms with van der Waals surface area (Å²) in [4.78, 5) is 11.2. The maximum atomic E-state index is 11.2. The van der Waals surface area contributed by atoms with Gasteiger partial charge >= 0.3 is 0 Å². The van der Waals surface area contributed by atoms with E-state index >= 15 is 0 Å². The fourth-order valence-corrected chi connectivity index (χ4v) is 1.79. The maximum absolute atomic E-state index is 11.2. The second-order valence-corrected chi connectivity index (χ2v) is 4.86. The lowest BCUT2D eigenvalue weighted by atomic mass is 10.1. The first-order valence-corrected chi connectivity index (χ1v) is 7.12. The monoisotopic (exact) mass is 239 g/mol. The van der Waals surface area contributed by atoms with Crippen LogP contribution in [0.4, 0.5) is 0 Å². The van der Waals surface area contributed by atoms with Crippen LogP contribution >= 0.6 is 0 Å². The van der Waals surface area contributed by atoms with Crippen LogP contribution in [-0.2, 0) is 4.79 Å². The average Bonchev–Trinajstić information content (AvgIpc) is 2.31. The molecule has 100 valence electrons. The van der Waals surface area contributed by atoms with Crippen LogP contribution in [0, 0.1) is 0 Å². The van der Waals surface area contributed by atoms with Crippen molar-refractivity contribution in [2.45, 2.75) is 71.6 Å². The fraction of sp³-hybridized carbons (Fsp3) is 0.800. The van der Waals surface area contributed by atoms with Crippen LogP contribution in [0.25, 0.3) is 0 Å². The van der Waals surface area contributed by atoms with Gasteiger partial charge in [0.2, 0.25) is 5.91 Å². The Labute approximate surface area is 107 Å². The lowest BCUT2D eigenvalue weighted by Crippen LogP contribution is -2.24. The first-order chi connectivity index (χ1) is 8.18. The third kappa shape index (κ3) is 11.5. The quantitative estimate of drug-likeness (QED) is 0.425. The summed E-state index contributed by atoms with van der Waals surface area (Å²) >= 11 is 0. The van der Waals surface area contributed by atoms with Crippen LogP contribution in [0.2, 0.25) is 0 Å². The molecule has 2 heteroatoms. The minimum Gasteiger partial charge on any atom is -0.352 e. The van der Waals surface area contributed by atoms with E-state index in [0.29, 0.717) is 5.57 Å². The second-order valence-electron chi connectivity index (χ2n) is 4.86. The number of amides is 1. The molecule has 1 N–H and O–H groups in total. The smallest absolute Gasteiger partial charge is 0.246 e. The first kappa shape index (κ1) is 16.2. The molecule has 0 rings (SSSR count). The van der Waals surface area contributed by atoms with Gasteiger partial charge < -0.3 is 5.32 Å². The standard InChI is InChI=1S/C15H29NO/c1-4-5-6-7-8-9-10-11-12-13-16-15(17)14(2)3/h2,4-13H2,1,3H3,(H,16,17). The van der Waals surface area contributed by atoms with E-state index in [1.807, 2.05) is 0 Å². The van der Waals surface area contributed by atoms with Crippen molar-refractivity contribution in [1.29, 1.82) is 0 Å². The van der Waals surface area contributed by atoms with E-state index in [1.165, 1.54) is 51.4 Å². The Morgan fingerprint density at radius 1 is 0.941 bits per heavy atom. The van der Waals surface area contributed by atoms with E-state index < -0.39 is 0 Å². The second kappa shape index (κ2) is 11.7. The fourth-order valence-electron chi connectivity index (χ4n) is 1.79. The first-order valence-electron chi connectivity index (χ1n) is 7.12. The number of nitrogens with one attached hydrogen (secondary N) is 1. The molecule has 17 heavy (non-hydrogen) atoms. The molecule has 0 saturated heterocycles. The molecule has 0 bridgehead atoms. The number of hydrogen-bond acceptors (Lipinski definition) is 1. The summed E-state index contributed by atoms with van der Waals surface area (Å²) in [5.74, 6) is -0.00966. The Morgan fingerprint density at radius 3 is 1.88 bits per heavy atom. The Hall–Kier alpha value is -0.790. The van der Waals surface area contributed by atoms with Crippen molar-refractivity contribution in [2.24, 2.45) is 0 Å². The van der Waals surface area contributed by atoms with Crippen molar-refractivity contribution in [3.05, 3.63) is 12.2 Å². The van der Waals surface area contributed by atoms with Crippen molar-refractivity contribution in [3.63, 3.8) is 0 Å². The summed E-state index contributed by atoms with van der Waals surface area (Å²) in [6.07, 6.45) is 11.8. The molecule has 0 spiro atoms. The Bertz CT molecular complexity index is 211. The average molecular weight is 239 g/mol. The molecule has 0 heterocycles. The van der Waals surface area contributed by atoms with Crippen molar-refractivity contribution in [1.82, 2.24) is 5.32 Å². The number of carbonyl (C=O) groups excluding carboxylic acids is 1. The molecule has 0 aliphatic carbocycles. The van der Waals surface area contributed by atoms with E-state index in [4.69, 9.17) is 0 Å². The normalized spacial score (nSPS) is 10.2. The molecule has 0 unspecified atom stereocenters. The zero-order valence-corrected chi connectivity index (χ0v) is 11.7. The van der Waals surface area contributed by atoms with Gasteiger partial charge in [0.25, 0.3) is 0 Å². The molecule has 0 fully saturated rings. The minimum atomic E-state index is -0.00966. The van der Waals surface area contributed by atoms with E-state index in [-0.39, 0.29) is 5.91 Å². The number of hydrogen-bond donors (Lipinski definition) is 1. The zero-order valence-electron chi connectivity index (χ0n) is 11.7. The third-order valence-electron chi connectivity index (χ3n) is 2.95. The molecular weight excluding hydrogens is 210 g/mol. The van der Waals surface area contributed by atoms with Crippen molar-refractivity contribution in [3.8, 4) is 0 Å². The Kier molecular flexibility index (Phi) is 11.1. The molecule has 0 aromatic carbocycles. The molecule has 0 atom stereocenters. The van der Waals surface area contributed by atoms with E-state index in [2.05, 4.69) is 18.8 Å². The lowest BCUT2D eigenvalue weighted by molar-refractivity contribution is -0.117. The molecule has 2 nitrogen and oxygen atoms in total. The Balaban J connectivity index is 3.08. The number of carbonyl (C=O) groups is 1. The summed E-state index contributed by atoms with van der Waals surface area (Å²) in [6.45, 7) is 8.39. The van der Waals surface area contributed by atoms with Gasteiger partial charge in [-0.15, -0.1) is 0 Å². The van der Waals surface area contributed by atoms with Gasteiger partial charge in [-0.3, -0.25) is 4.79 Å². The molecule has 0 aromatic heterocycles. The highest BCUT2D eigenvalue weighted by atomic mass is 16.1. The van der Waals surface area contributed by atoms with Crippen LogP contribution in [0.5, 0.6) is 0 Å². The summed E-state index contributed by atoms with van der Waals surface area (Å²) in [7, 11) is 0. The number of rotatable bonds is 11. The molecule has 0 saturated carbocycles. The van der Waals surface area contributed by atoms with E-state index in [9.17, 15) is 4.79 Å². The van der Waals surface area contributed by atoms with Crippen molar-refractivity contribution < 1.29 is 4.79 Å². The van der Waals surface area contributed by atoms with Crippen LogP contribution in [0.1, 0.15) is 71.6 Å². The summed E-state index contributed by atoms with van der Waals surface area (Å²) in [6, 6.07) is 0. The molecule has 1 amide bonds. The van der Waals surface area contributed by atoms with Crippen LogP contribution < -0.4 is 5.32 Å². The molecular formula is C15H29NO. The maximum Gasteiger partial charge on any atom is 0.246 e. The van der Waals surface area contributed by atoms with Gasteiger partial charge in [0.15, 0.2) is 0 Å². The lowest BCUT2D eigenvalue weighted by Gasteiger charge is -2.04. The van der Waals surface area contributed by atoms with Crippen LogP contribution in [0.3, 0.4) is 0 Å². The largest absolute Gasteiger partial charge is 0.352 e. The predicted molar refractivity (Wildman–Crippen MR) is 75.1 cm³/mol. The van der Waals surface area contributed by atoms with Crippen molar-refractivity contribution in [2.75, 3.05) is 6.54 Å². The molecule has 0 aromatic rings. The van der Waals surface area contributed by atoms with Gasteiger partial charge in [0.05, 0.1) is 0 Å². The van der Waals surface area contributed by atoms with Gasteiger partial charge in [-0.2, -0.15) is 0 Å². The zero-order chi connectivity index (χ0) is 12.9. The van der Waals surface area contributed by atoms with E-state index in [1.54, 1.807) is 6.92 Å². The minimum absolute atomic E-state index is 0.00966. The van der Waals surface area contributed by atoms with Crippen LogP contribution in [-0.4, -0.2) is 12.5 Å². The topological polar surface area (TPSA) is 29.1 Å². The summed E-state index contributed by atoms with van der Waals surface area (Å²) in [5.41, 5.74) is 0.598. The highest BCUT2D eigenvalue weighted by Gasteiger charge is 1.99. The summed E-state index contributed by atoms with van der Waals surface area (Å²) < 4.78 is 0. The highest BCUT2D eigenvalue weighted by molar-refractivity contribution is 5.91. The molecule has 0 radical (unpaired) electrons. The summed E-state index contributed by atoms with van der Waals surface area (Å²) in [5, 5.41) is 2.86. The van der Waals surface area contributed by atoms with Crippen molar-refractivity contribution >= 4 is 5.91 Å². The molecule has 0 aliphatic rings. The Morgan fingerprint density at radius 2 is 1.41 bits per heavy atom. The van der Waals surface area contributed by atoms with Gasteiger partial charge in [-0.05, 0) is 13.3 Å². The van der Waals surface area contributed by atoms with Gasteiger partial charge in [-0.1, -0.05) is 64.9 Å². The van der Waals surface area contributed by atoms with Crippen LogP contribution in [0.15, 0.2) is 12.2 Å². The highest BCUT2D eigenvalue weighted by Crippen LogP contribution is 2.09. The van der Waals surface area contributed by atoms with Gasteiger partial charge in [0.1, 0.15) is 0 Å². The van der Waals surface area contributed by atoms with Gasteiger partial charge in [-0.25, -0.2) is 0 Å². The number of unbranched alkanes of at least 4 members (excludes halogenated alkanes) is 8. The van der Waals surface area contributed by atoms with E-state index in [0.717, 1.165) is 13.0 Å². The predicted octanol–water partition coefficient (Wildman–Crippen LogP) is 4.21. The third-order valence-corrected chi connectivity index (χ3v) is 2.95. The molecule has 0 aliphatic heterocycles. The van der Waals surface area contributed by atoms with Gasteiger partial charge in [0, 0.05) is 12.1 Å². The SMILES string of the molecule is C=C(C)C(=O)NCCCCCCCCCCC.